The van der Waals surface area contributed by atoms with E-state index in [1.807, 2.05) is 26.1 Å². The zero-order valence-corrected chi connectivity index (χ0v) is 15.1. The summed E-state index contributed by atoms with van der Waals surface area (Å²) in [6, 6.07) is 6.41. The molecular formula is C19H25N5O. The maximum absolute atomic E-state index is 11.5. The molecule has 3 heterocycles. The Morgan fingerprint density at radius 2 is 2.16 bits per heavy atom. The van der Waals surface area contributed by atoms with E-state index < -0.39 is 0 Å². The van der Waals surface area contributed by atoms with Crippen LogP contribution in [0.1, 0.15) is 48.1 Å². The molecule has 1 amide bonds. The van der Waals surface area contributed by atoms with Gasteiger partial charge in [0.1, 0.15) is 11.6 Å². The Morgan fingerprint density at radius 3 is 2.92 bits per heavy atom. The third-order valence-electron chi connectivity index (χ3n) is 4.60. The van der Waals surface area contributed by atoms with Gasteiger partial charge >= 0.3 is 0 Å². The summed E-state index contributed by atoms with van der Waals surface area (Å²) >= 11 is 0. The normalized spacial score (nSPS) is 16.9. The summed E-state index contributed by atoms with van der Waals surface area (Å²) < 4.78 is 0. The number of hydrogen-bond donors (Lipinski definition) is 1. The van der Waals surface area contributed by atoms with Crippen molar-refractivity contribution in [2.24, 2.45) is 0 Å². The highest BCUT2D eigenvalue weighted by Crippen LogP contribution is 2.34. The molecule has 0 spiro atoms. The van der Waals surface area contributed by atoms with Crippen LogP contribution in [0.25, 0.3) is 0 Å². The zero-order valence-electron chi connectivity index (χ0n) is 15.1. The van der Waals surface area contributed by atoms with Crippen LogP contribution in [0.5, 0.6) is 0 Å². The van der Waals surface area contributed by atoms with Crippen LogP contribution in [-0.4, -0.2) is 34.5 Å². The fourth-order valence-corrected chi connectivity index (χ4v) is 3.42. The lowest BCUT2D eigenvalue weighted by Gasteiger charge is -2.26. The molecule has 0 aliphatic carbocycles. The van der Waals surface area contributed by atoms with Crippen molar-refractivity contribution in [2.75, 3.05) is 18.5 Å². The first kappa shape index (κ1) is 17.3. The van der Waals surface area contributed by atoms with E-state index in [9.17, 15) is 4.79 Å². The predicted octanol–water partition coefficient (Wildman–Crippen LogP) is 2.51. The van der Waals surface area contributed by atoms with Gasteiger partial charge in [0.25, 0.3) is 0 Å². The third kappa shape index (κ3) is 4.13. The molecule has 1 fully saturated rings. The monoisotopic (exact) mass is 339 g/mol. The van der Waals surface area contributed by atoms with Crippen molar-refractivity contribution >= 4 is 11.7 Å². The predicted molar refractivity (Wildman–Crippen MR) is 97.5 cm³/mol. The molecule has 25 heavy (non-hydrogen) atoms. The highest BCUT2D eigenvalue weighted by molar-refractivity contribution is 5.75. The van der Waals surface area contributed by atoms with Crippen LogP contribution < -0.4 is 10.2 Å². The summed E-state index contributed by atoms with van der Waals surface area (Å²) in [7, 11) is 1.67. The van der Waals surface area contributed by atoms with E-state index in [2.05, 4.69) is 32.3 Å². The van der Waals surface area contributed by atoms with Crippen LogP contribution in [0.4, 0.5) is 5.82 Å². The minimum atomic E-state index is 0.0648. The maximum atomic E-state index is 11.5. The highest BCUT2D eigenvalue weighted by atomic mass is 16.1. The molecule has 1 aliphatic rings. The van der Waals surface area contributed by atoms with Crippen molar-refractivity contribution in [3.63, 3.8) is 0 Å². The molecule has 6 nitrogen and oxygen atoms in total. The number of aromatic nitrogens is 3. The molecule has 1 unspecified atom stereocenters. The van der Waals surface area contributed by atoms with Gasteiger partial charge in [-0.2, -0.15) is 0 Å². The third-order valence-corrected chi connectivity index (χ3v) is 4.60. The quantitative estimate of drug-likeness (QED) is 0.906. The summed E-state index contributed by atoms with van der Waals surface area (Å²) in [5, 5.41) is 2.68. The standard InChI is InChI=1S/C19H25N5O/c1-13-11-15(6-7-19(25)20-3)12-16(22-13)17-5-4-10-24(17)18-8-9-21-14(2)23-18/h8-9,11-12,17H,4-7,10H2,1-3H3,(H,20,25). The molecule has 6 heteroatoms. The van der Waals surface area contributed by atoms with E-state index in [4.69, 9.17) is 4.98 Å². The van der Waals surface area contributed by atoms with Gasteiger partial charge in [-0.1, -0.05) is 0 Å². The van der Waals surface area contributed by atoms with Crippen molar-refractivity contribution < 1.29 is 4.79 Å². The summed E-state index contributed by atoms with van der Waals surface area (Å²) in [6.45, 7) is 4.90. The summed E-state index contributed by atoms with van der Waals surface area (Å²) in [5.41, 5.74) is 3.23. The Hall–Kier alpha value is -2.50. The average molecular weight is 339 g/mol. The van der Waals surface area contributed by atoms with Crippen molar-refractivity contribution in [3.8, 4) is 0 Å². The number of nitrogens with zero attached hydrogens (tertiary/aromatic N) is 4. The zero-order chi connectivity index (χ0) is 17.8. The number of rotatable bonds is 5. The van der Waals surface area contributed by atoms with Gasteiger partial charge in [0.05, 0.1) is 11.7 Å². The molecule has 2 aromatic rings. The molecule has 0 saturated carbocycles. The largest absolute Gasteiger partial charge is 0.359 e. The minimum absolute atomic E-state index is 0.0648. The number of carbonyl (C=O) groups excluding carboxylic acids is 1. The van der Waals surface area contributed by atoms with E-state index in [1.165, 1.54) is 0 Å². The topological polar surface area (TPSA) is 71.0 Å². The number of anilines is 1. The molecule has 1 aliphatic heterocycles. The number of aryl methyl sites for hydroxylation is 3. The number of pyridine rings is 1. The van der Waals surface area contributed by atoms with Crippen molar-refractivity contribution in [2.45, 2.75) is 45.6 Å². The summed E-state index contributed by atoms with van der Waals surface area (Å²) in [6.07, 6.45) is 5.23. The van der Waals surface area contributed by atoms with Gasteiger partial charge in [-0.15, -0.1) is 0 Å². The average Bonchev–Trinajstić information content (AvgIpc) is 3.09. The second-order valence-corrected chi connectivity index (χ2v) is 6.53. The van der Waals surface area contributed by atoms with Crippen LogP contribution in [-0.2, 0) is 11.2 Å². The number of hydrogen-bond acceptors (Lipinski definition) is 5. The Bertz CT molecular complexity index is 761. The highest BCUT2D eigenvalue weighted by Gasteiger charge is 2.28. The van der Waals surface area contributed by atoms with Gasteiger partial charge in [0, 0.05) is 31.9 Å². The molecule has 0 bridgehead atoms. The molecule has 0 radical (unpaired) electrons. The van der Waals surface area contributed by atoms with Gasteiger partial charge < -0.3 is 10.2 Å². The van der Waals surface area contributed by atoms with Gasteiger partial charge in [-0.25, -0.2) is 9.97 Å². The van der Waals surface area contributed by atoms with Gasteiger partial charge in [0.15, 0.2) is 0 Å². The fraction of sp³-hybridized carbons (Fsp3) is 0.474. The molecule has 132 valence electrons. The van der Waals surface area contributed by atoms with E-state index >= 15 is 0 Å². The van der Waals surface area contributed by atoms with Gasteiger partial charge in [-0.3, -0.25) is 9.78 Å². The number of amides is 1. The van der Waals surface area contributed by atoms with Crippen LogP contribution in [0, 0.1) is 13.8 Å². The summed E-state index contributed by atoms with van der Waals surface area (Å²) in [5.74, 6) is 1.81. The molecular weight excluding hydrogens is 314 g/mol. The van der Waals surface area contributed by atoms with Gasteiger partial charge in [0.2, 0.25) is 5.91 Å². The van der Waals surface area contributed by atoms with E-state index in [0.29, 0.717) is 6.42 Å². The second-order valence-electron chi connectivity index (χ2n) is 6.53. The van der Waals surface area contributed by atoms with Crippen molar-refractivity contribution in [3.05, 3.63) is 47.2 Å². The lowest BCUT2D eigenvalue weighted by Crippen LogP contribution is -2.25. The first-order valence-electron chi connectivity index (χ1n) is 8.81. The molecule has 1 saturated heterocycles. The molecule has 0 aromatic carbocycles. The van der Waals surface area contributed by atoms with E-state index in [-0.39, 0.29) is 11.9 Å². The first-order chi connectivity index (χ1) is 12.1. The maximum Gasteiger partial charge on any atom is 0.220 e. The molecule has 2 aromatic heterocycles. The lowest BCUT2D eigenvalue weighted by molar-refractivity contribution is -0.120. The van der Waals surface area contributed by atoms with E-state index in [0.717, 1.165) is 54.4 Å². The molecule has 3 rings (SSSR count). The fourth-order valence-electron chi connectivity index (χ4n) is 3.42. The second kappa shape index (κ2) is 7.59. The van der Waals surface area contributed by atoms with E-state index in [1.54, 1.807) is 7.05 Å². The van der Waals surface area contributed by atoms with Crippen LogP contribution in [0.3, 0.4) is 0 Å². The molecule has 1 atom stereocenters. The Labute approximate surface area is 148 Å². The minimum Gasteiger partial charge on any atom is -0.359 e. The Kier molecular flexibility index (Phi) is 5.26. The SMILES string of the molecule is CNC(=O)CCc1cc(C)nc(C2CCCN2c2ccnc(C)n2)c1. The first-order valence-corrected chi connectivity index (χ1v) is 8.81. The number of carbonyl (C=O) groups is 1. The Balaban J connectivity index is 1.84. The Morgan fingerprint density at radius 1 is 1.32 bits per heavy atom. The van der Waals surface area contributed by atoms with Crippen LogP contribution in [0.15, 0.2) is 24.4 Å². The number of nitrogens with one attached hydrogen (secondary N) is 1. The van der Waals surface area contributed by atoms with Crippen LogP contribution >= 0.6 is 0 Å². The smallest absolute Gasteiger partial charge is 0.220 e. The summed E-state index contributed by atoms with van der Waals surface area (Å²) in [4.78, 5) is 27.4. The van der Waals surface area contributed by atoms with Crippen LogP contribution in [0.2, 0.25) is 0 Å². The lowest BCUT2D eigenvalue weighted by atomic mass is 10.0. The molecule has 1 N–H and O–H groups in total. The van der Waals surface area contributed by atoms with Gasteiger partial charge in [-0.05, 0) is 56.9 Å². The van der Waals surface area contributed by atoms with Crippen molar-refractivity contribution in [1.82, 2.24) is 20.3 Å². The van der Waals surface area contributed by atoms with Crippen molar-refractivity contribution in [1.29, 1.82) is 0 Å².